The summed E-state index contributed by atoms with van der Waals surface area (Å²) in [6.07, 6.45) is 1.60. The van der Waals surface area contributed by atoms with E-state index in [1.54, 1.807) is 29.3 Å². The van der Waals surface area contributed by atoms with Gasteiger partial charge in [0.1, 0.15) is 0 Å². The molecule has 0 bridgehead atoms. The fraction of sp³-hybridized carbons (Fsp3) is 0.333. The number of aromatic nitrogens is 1. The third kappa shape index (κ3) is 2.54. The molecule has 21 heavy (non-hydrogen) atoms. The third-order valence-corrected chi connectivity index (χ3v) is 3.87. The van der Waals surface area contributed by atoms with Crippen LogP contribution in [0.3, 0.4) is 0 Å². The Bertz CT molecular complexity index is 717. The highest BCUT2D eigenvalue weighted by Gasteiger charge is 2.23. The molecule has 0 unspecified atom stereocenters. The van der Waals surface area contributed by atoms with Gasteiger partial charge in [-0.15, -0.1) is 0 Å². The molecule has 1 aromatic heterocycles. The number of carbonyl (C=O) groups is 2. The number of hydrogen-bond acceptors (Lipinski definition) is 3. The first kappa shape index (κ1) is 14.1. The molecule has 1 saturated heterocycles. The molecule has 3 rings (SSSR count). The average molecular weight is 307 g/mol. The lowest BCUT2D eigenvalue weighted by atomic mass is 10.1. The van der Waals surface area contributed by atoms with Gasteiger partial charge < -0.3 is 9.64 Å². The minimum absolute atomic E-state index is 0.0921. The second-order valence-electron chi connectivity index (χ2n) is 5.00. The number of morpholine rings is 1. The predicted octanol–water partition coefficient (Wildman–Crippen LogP) is 2.43. The van der Waals surface area contributed by atoms with Crippen LogP contribution in [0.5, 0.6) is 0 Å². The van der Waals surface area contributed by atoms with E-state index in [1.165, 1.54) is 11.5 Å². The van der Waals surface area contributed by atoms with Crippen LogP contribution >= 0.6 is 11.6 Å². The molecule has 6 heteroatoms. The Balaban J connectivity index is 2.10. The summed E-state index contributed by atoms with van der Waals surface area (Å²) in [6, 6.07) is 5.20. The van der Waals surface area contributed by atoms with E-state index in [1.807, 2.05) is 0 Å². The molecule has 5 nitrogen and oxygen atoms in total. The lowest BCUT2D eigenvalue weighted by Gasteiger charge is -2.26. The molecule has 0 radical (unpaired) electrons. The normalized spacial score (nSPS) is 15.4. The minimum atomic E-state index is -0.136. The summed E-state index contributed by atoms with van der Waals surface area (Å²) >= 11 is 6.03. The van der Waals surface area contributed by atoms with Gasteiger partial charge in [-0.3, -0.25) is 14.2 Å². The average Bonchev–Trinajstić information content (AvgIpc) is 2.86. The lowest BCUT2D eigenvalue weighted by Crippen LogP contribution is -2.40. The van der Waals surface area contributed by atoms with Gasteiger partial charge in [-0.25, -0.2) is 0 Å². The zero-order chi connectivity index (χ0) is 15.0. The number of benzene rings is 1. The van der Waals surface area contributed by atoms with E-state index in [2.05, 4.69) is 0 Å². The van der Waals surface area contributed by atoms with E-state index in [0.717, 1.165) is 0 Å². The maximum absolute atomic E-state index is 12.7. The van der Waals surface area contributed by atoms with Crippen LogP contribution < -0.4 is 0 Å². The lowest BCUT2D eigenvalue weighted by molar-refractivity contribution is 0.0304. The van der Waals surface area contributed by atoms with E-state index in [4.69, 9.17) is 16.3 Å². The van der Waals surface area contributed by atoms with Gasteiger partial charge in [0.25, 0.3) is 5.91 Å². The molecule has 0 spiro atoms. The first-order valence-corrected chi connectivity index (χ1v) is 7.14. The zero-order valence-corrected chi connectivity index (χ0v) is 12.4. The van der Waals surface area contributed by atoms with Gasteiger partial charge >= 0.3 is 0 Å². The summed E-state index contributed by atoms with van der Waals surface area (Å²) in [5, 5.41) is 1.24. The molecule has 110 valence electrons. The Labute approximate surface area is 127 Å². The summed E-state index contributed by atoms with van der Waals surface area (Å²) < 4.78 is 6.75. The molecule has 1 aliphatic rings. The number of hydrogen-bond donors (Lipinski definition) is 0. The maximum atomic E-state index is 12.7. The fourth-order valence-electron chi connectivity index (χ4n) is 2.57. The highest BCUT2D eigenvalue weighted by Crippen LogP contribution is 2.26. The summed E-state index contributed by atoms with van der Waals surface area (Å²) in [6.45, 7) is 3.67. The largest absolute Gasteiger partial charge is 0.378 e. The fourth-order valence-corrected chi connectivity index (χ4v) is 2.74. The van der Waals surface area contributed by atoms with Crippen LogP contribution in [0.4, 0.5) is 0 Å². The summed E-state index contributed by atoms with van der Waals surface area (Å²) in [7, 11) is 0. The van der Waals surface area contributed by atoms with Crippen molar-refractivity contribution in [2.45, 2.75) is 6.92 Å². The van der Waals surface area contributed by atoms with Gasteiger partial charge in [-0.2, -0.15) is 0 Å². The van der Waals surface area contributed by atoms with Crippen molar-refractivity contribution in [3.05, 3.63) is 35.0 Å². The van der Waals surface area contributed by atoms with Gasteiger partial charge in [0.2, 0.25) is 5.91 Å². The summed E-state index contributed by atoms with van der Waals surface area (Å²) in [4.78, 5) is 26.1. The number of carbonyl (C=O) groups excluding carboxylic acids is 2. The first-order valence-electron chi connectivity index (χ1n) is 6.76. The number of ether oxygens (including phenoxy) is 1. The van der Waals surface area contributed by atoms with Crippen LogP contribution in [0.15, 0.2) is 24.4 Å². The van der Waals surface area contributed by atoms with E-state index in [0.29, 0.717) is 47.8 Å². The van der Waals surface area contributed by atoms with Crippen molar-refractivity contribution in [3.63, 3.8) is 0 Å². The third-order valence-electron chi connectivity index (χ3n) is 3.63. The van der Waals surface area contributed by atoms with Crippen LogP contribution in [-0.2, 0) is 4.74 Å². The maximum Gasteiger partial charge on any atom is 0.256 e. The van der Waals surface area contributed by atoms with Gasteiger partial charge in [0.15, 0.2) is 0 Å². The van der Waals surface area contributed by atoms with Gasteiger partial charge in [0, 0.05) is 36.6 Å². The quantitative estimate of drug-likeness (QED) is 0.813. The number of nitrogens with zero attached hydrogens (tertiary/aromatic N) is 2. The molecule has 2 heterocycles. The molecular weight excluding hydrogens is 292 g/mol. The predicted molar refractivity (Wildman–Crippen MR) is 80.0 cm³/mol. The SMILES string of the molecule is CC(=O)n1cc(C(=O)N2CCOCC2)c2cc(Cl)ccc21. The first-order chi connectivity index (χ1) is 10.1. The van der Waals surface area contributed by atoms with E-state index in [-0.39, 0.29) is 11.8 Å². The van der Waals surface area contributed by atoms with Gasteiger partial charge in [-0.05, 0) is 18.2 Å². The van der Waals surface area contributed by atoms with Crippen LogP contribution in [0.2, 0.25) is 5.02 Å². The van der Waals surface area contributed by atoms with Crippen molar-refractivity contribution >= 4 is 34.3 Å². The van der Waals surface area contributed by atoms with Crippen molar-refractivity contribution in [2.24, 2.45) is 0 Å². The van der Waals surface area contributed by atoms with Crippen LogP contribution in [0, 0.1) is 0 Å². The monoisotopic (exact) mass is 306 g/mol. The molecule has 1 fully saturated rings. The highest BCUT2D eigenvalue weighted by molar-refractivity contribution is 6.31. The Hall–Kier alpha value is -1.85. The van der Waals surface area contributed by atoms with E-state index < -0.39 is 0 Å². The van der Waals surface area contributed by atoms with Crippen LogP contribution in [0.1, 0.15) is 22.1 Å². The Morgan fingerprint density at radius 1 is 1.24 bits per heavy atom. The minimum Gasteiger partial charge on any atom is -0.378 e. The molecule has 0 N–H and O–H groups in total. The molecule has 0 atom stereocenters. The topological polar surface area (TPSA) is 51.5 Å². The van der Waals surface area contributed by atoms with Crippen molar-refractivity contribution in [3.8, 4) is 0 Å². The van der Waals surface area contributed by atoms with Crippen molar-refractivity contribution < 1.29 is 14.3 Å². The van der Waals surface area contributed by atoms with Crippen molar-refractivity contribution in [1.29, 1.82) is 0 Å². The number of halogens is 1. The highest BCUT2D eigenvalue weighted by atomic mass is 35.5. The molecule has 1 aromatic carbocycles. The number of amides is 1. The Morgan fingerprint density at radius 2 is 1.95 bits per heavy atom. The van der Waals surface area contributed by atoms with Gasteiger partial charge in [0.05, 0.1) is 24.3 Å². The second kappa shape index (κ2) is 5.50. The standard InChI is InChI=1S/C15H15ClN2O3/c1-10(19)18-9-13(12-8-11(16)2-3-14(12)18)15(20)17-4-6-21-7-5-17/h2-3,8-9H,4-7H2,1H3. The molecule has 2 aromatic rings. The summed E-state index contributed by atoms with van der Waals surface area (Å²) in [5.41, 5.74) is 1.20. The zero-order valence-electron chi connectivity index (χ0n) is 11.6. The molecular formula is C15H15ClN2O3. The summed E-state index contributed by atoms with van der Waals surface area (Å²) in [5.74, 6) is -0.228. The second-order valence-corrected chi connectivity index (χ2v) is 5.43. The molecule has 1 amide bonds. The van der Waals surface area contributed by atoms with E-state index >= 15 is 0 Å². The van der Waals surface area contributed by atoms with E-state index in [9.17, 15) is 9.59 Å². The van der Waals surface area contributed by atoms with Gasteiger partial charge in [-0.1, -0.05) is 11.6 Å². The smallest absolute Gasteiger partial charge is 0.256 e. The molecule has 0 saturated carbocycles. The number of fused-ring (bicyclic) bond motifs is 1. The number of rotatable bonds is 1. The Kier molecular flexibility index (Phi) is 3.69. The van der Waals surface area contributed by atoms with Crippen molar-refractivity contribution in [2.75, 3.05) is 26.3 Å². The van der Waals surface area contributed by atoms with Crippen molar-refractivity contribution in [1.82, 2.24) is 9.47 Å². The molecule has 0 aliphatic carbocycles. The van der Waals surface area contributed by atoms with Crippen LogP contribution in [-0.4, -0.2) is 47.6 Å². The Morgan fingerprint density at radius 3 is 2.62 bits per heavy atom. The van der Waals surface area contributed by atoms with Crippen LogP contribution in [0.25, 0.3) is 10.9 Å². The molecule has 1 aliphatic heterocycles.